The van der Waals surface area contributed by atoms with Crippen LogP contribution in [0.1, 0.15) is 77.0 Å². The number of carbonyl (C=O) groups excluding carboxylic acids is 1. The lowest BCUT2D eigenvalue weighted by Crippen LogP contribution is -2.56. The maximum absolute atomic E-state index is 12.8. The number of hydrogen-bond acceptors (Lipinski definition) is 8. The van der Waals surface area contributed by atoms with Crippen molar-refractivity contribution in [3.8, 4) is 0 Å². The molecule has 0 aromatic carbocycles. The molecule has 2 atom stereocenters. The molecule has 5 rings (SSSR count). The topological polar surface area (TPSA) is 85.4 Å². The van der Waals surface area contributed by atoms with E-state index in [4.69, 9.17) is 4.98 Å². The Morgan fingerprint density at radius 1 is 0.927 bits per heavy atom. The largest absolute Gasteiger partial charge is 0.356 e. The van der Waals surface area contributed by atoms with Crippen LogP contribution in [0.25, 0.3) is 0 Å². The SMILES string of the molecule is Cl.Cl.Cl.O=C(NCC[C@@H]1[C@@H](Nc2nccc(N3CCCCCCC3)n2)CCCN1C1CCSCC1)C1CCNCC1. The molecule has 0 aliphatic carbocycles. The molecule has 41 heavy (non-hydrogen) atoms. The van der Waals surface area contributed by atoms with Crippen molar-refractivity contribution in [3.63, 3.8) is 0 Å². The molecule has 12 heteroatoms. The van der Waals surface area contributed by atoms with Crippen molar-refractivity contribution in [2.45, 2.75) is 95.2 Å². The molecule has 0 unspecified atom stereocenters. The Kier molecular flexibility index (Phi) is 17.4. The van der Waals surface area contributed by atoms with E-state index in [2.05, 4.69) is 48.6 Å². The van der Waals surface area contributed by atoms with Gasteiger partial charge in [0.1, 0.15) is 5.82 Å². The predicted molar refractivity (Wildman–Crippen MR) is 180 cm³/mol. The molecule has 4 aliphatic heterocycles. The molecule has 3 N–H and O–H groups in total. The van der Waals surface area contributed by atoms with Crippen molar-refractivity contribution < 1.29 is 4.79 Å². The van der Waals surface area contributed by atoms with Crippen molar-refractivity contribution in [3.05, 3.63) is 12.3 Å². The second kappa shape index (κ2) is 19.5. The van der Waals surface area contributed by atoms with Crippen LogP contribution in [0.4, 0.5) is 11.8 Å². The van der Waals surface area contributed by atoms with E-state index in [1.807, 2.05) is 6.20 Å². The number of hydrogen-bond donors (Lipinski definition) is 3. The molecule has 1 amide bonds. The number of halogens is 3. The second-order valence-electron chi connectivity index (χ2n) is 11.6. The summed E-state index contributed by atoms with van der Waals surface area (Å²) in [5.74, 6) is 4.77. The molecule has 4 aliphatic rings. The third kappa shape index (κ3) is 10.8. The van der Waals surface area contributed by atoms with E-state index < -0.39 is 0 Å². The highest BCUT2D eigenvalue weighted by atomic mass is 35.5. The van der Waals surface area contributed by atoms with Gasteiger partial charge in [-0.25, -0.2) is 4.98 Å². The van der Waals surface area contributed by atoms with Crippen LogP contribution in [0, 0.1) is 5.92 Å². The predicted octanol–water partition coefficient (Wildman–Crippen LogP) is 5.16. The highest BCUT2D eigenvalue weighted by Crippen LogP contribution is 2.31. The minimum Gasteiger partial charge on any atom is -0.356 e. The summed E-state index contributed by atoms with van der Waals surface area (Å²) in [4.78, 5) is 27.7. The van der Waals surface area contributed by atoms with E-state index in [1.54, 1.807) is 0 Å². The average Bonchev–Trinajstić information content (AvgIpc) is 2.94. The molecule has 4 fully saturated rings. The summed E-state index contributed by atoms with van der Waals surface area (Å²) < 4.78 is 0. The minimum absolute atomic E-state index is 0. The molecule has 5 heterocycles. The van der Waals surface area contributed by atoms with E-state index in [0.717, 1.165) is 76.7 Å². The van der Waals surface area contributed by atoms with Gasteiger partial charge in [-0.2, -0.15) is 16.7 Å². The molecular formula is C29H52Cl3N7OS. The Morgan fingerprint density at radius 2 is 1.63 bits per heavy atom. The summed E-state index contributed by atoms with van der Waals surface area (Å²) in [6.07, 6.45) is 16.2. The van der Waals surface area contributed by atoms with Crippen LogP contribution < -0.4 is 20.9 Å². The fourth-order valence-corrected chi connectivity index (χ4v) is 7.98. The van der Waals surface area contributed by atoms with Crippen molar-refractivity contribution in [1.82, 2.24) is 25.5 Å². The lowest BCUT2D eigenvalue weighted by atomic mass is 9.90. The molecule has 0 spiro atoms. The van der Waals surface area contributed by atoms with Gasteiger partial charge >= 0.3 is 0 Å². The number of anilines is 2. The minimum atomic E-state index is 0. The average molecular weight is 653 g/mol. The number of likely N-dealkylation sites (tertiary alicyclic amines) is 1. The third-order valence-electron chi connectivity index (χ3n) is 9.07. The first-order valence-corrected chi connectivity index (χ1v) is 16.6. The number of nitrogens with one attached hydrogen (secondary N) is 3. The molecule has 236 valence electrons. The molecular weight excluding hydrogens is 601 g/mol. The number of carbonyl (C=O) groups is 1. The third-order valence-corrected chi connectivity index (χ3v) is 10.1. The zero-order chi connectivity index (χ0) is 26.0. The molecule has 8 nitrogen and oxygen atoms in total. The fourth-order valence-electron chi connectivity index (χ4n) is 6.90. The Hall–Kier alpha value is -0.710. The van der Waals surface area contributed by atoms with E-state index in [0.29, 0.717) is 18.1 Å². The van der Waals surface area contributed by atoms with Gasteiger partial charge < -0.3 is 20.9 Å². The molecule has 1 aromatic rings. The van der Waals surface area contributed by atoms with Gasteiger partial charge in [0.2, 0.25) is 11.9 Å². The maximum Gasteiger partial charge on any atom is 0.224 e. The Balaban J connectivity index is 0.00000196. The number of amides is 1. The van der Waals surface area contributed by atoms with Gasteiger partial charge in [-0.05, 0) is 95.0 Å². The van der Waals surface area contributed by atoms with E-state index in [1.165, 1.54) is 62.9 Å². The monoisotopic (exact) mass is 651 g/mol. The lowest BCUT2D eigenvalue weighted by molar-refractivity contribution is -0.125. The number of rotatable bonds is 8. The molecule has 0 bridgehead atoms. The summed E-state index contributed by atoms with van der Waals surface area (Å²) in [7, 11) is 0. The summed E-state index contributed by atoms with van der Waals surface area (Å²) in [5, 5.41) is 10.5. The molecule has 0 radical (unpaired) electrons. The Labute approximate surface area is 270 Å². The van der Waals surface area contributed by atoms with Crippen LogP contribution >= 0.6 is 49.0 Å². The van der Waals surface area contributed by atoms with Gasteiger partial charge in [0.25, 0.3) is 0 Å². The van der Waals surface area contributed by atoms with Crippen molar-refractivity contribution in [2.75, 3.05) is 61.0 Å². The summed E-state index contributed by atoms with van der Waals surface area (Å²) in [6, 6.07) is 3.42. The summed E-state index contributed by atoms with van der Waals surface area (Å²) >= 11 is 2.09. The first kappa shape index (κ1) is 36.5. The maximum atomic E-state index is 12.8. The number of nitrogens with zero attached hydrogens (tertiary/aromatic N) is 4. The zero-order valence-electron chi connectivity index (χ0n) is 24.4. The molecule has 1 aromatic heterocycles. The number of thioether (sulfide) groups is 1. The van der Waals surface area contributed by atoms with E-state index in [-0.39, 0.29) is 49.0 Å². The van der Waals surface area contributed by atoms with Crippen LogP contribution in [0.2, 0.25) is 0 Å². The van der Waals surface area contributed by atoms with Crippen LogP contribution in [-0.4, -0.2) is 89.7 Å². The first-order valence-electron chi connectivity index (χ1n) is 15.4. The first-order chi connectivity index (χ1) is 18.8. The van der Waals surface area contributed by atoms with Gasteiger partial charge in [-0.1, -0.05) is 19.3 Å². The smallest absolute Gasteiger partial charge is 0.224 e. The Bertz CT molecular complexity index is 869. The van der Waals surface area contributed by atoms with Gasteiger partial charge in [-0.15, -0.1) is 37.2 Å². The fraction of sp³-hybridized carbons (Fsp3) is 0.828. The van der Waals surface area contributed by atoms with Gasteiger partial charge in [0.15, 0.2) is 0 Å². The van der Waals surface area contributed by atoms with Gasteiger partial charge in [-0.3, -0.25) is 9.69 Å². The highest BCUT2D eigenvalue weighted by Gasteiger charge is 2.36. The van der Waals surface area contributed by atoms with Crippen LogP contribution in [-0.2, 0) is 4.79 Å². The number of aromatic nitrogens is 2. The van der Waals surface area contributed by atoms with E-state index >= 15 is 0 Å². The van der Waals surface area contributed by atoms with Crippen molar-refractivity contribution in [1.29, 1.82) is 0 Å². The van der Waals surface area contributed by atoms with Crippen LogP contribution in [0.3, 0.4) is 0 Å². The Morgan fingerprint density at radius 3 is 2.37 bits per heavy atom. The summed E-state index contributed by atoms with van der Waals surface area (Å²) in [6.45, 7) is 6.00. The normalized spacial score (nSPS) is 24.9. The van der Waals surface area contributed by atoms with Crippen LogP contribution in [0.15, 0.2) is 12.3 Å². The quantitative estimate of drug-likeness (QED) is 0.355. The van der Waals surface area contributed by atoms with Gasteiger partial charge in [0.05, 0.1) is 0 Å². The van der Waals surface area contributed by atoms with Crippen molar-refractivity contribution in [2.24, 2.45) is 5.92 Å². The molecule has 4 saturated heterocycles. The zero-order valence-corrected chi connectivity index (χ0v) is 27.7. The van der Waals surface area contributed by atoms with Crippen LogP contribution in [0.5, 0.6) is 0 Å². The standard InChI is InChI=1S/C29H49N7OS.3ClH/c37-28(23-8-14-30-15-9-23)31-16-10-26-25(7-6-20-36(26)24-12-21-38-22-13-24)33-29-32-17-11-27(34-29)35-18-4-2-1-3-5-19-35;;;/h11,17,23-26,30H,1-10,12-16,18-22H2,(H,31,37)(H,32,33,34);3*1H/t25-,26+;;;/m0.../s1. The highest BCUT2D eigenvalue weighted by molar-refractivity contribution is 7.99. The van der Waals surface area contributed by atoms with Crippen molar-refractivity contribution >= 4 is 66.7 Å². The van der Waals surface area contributed by atoms with E-state index in [9.17, 15) is 4.79 Å². The number of piperidine rings is 2. The molecule has 0 saturated carbocycles. The lowest BCUT2D eigenvalue weighted by Gasteiger charge is -2.47. The summed E-state index contributed by atoms with van der Waals surface area (Å²) in [5.41, 5.74) is 0. The van der Waals surface area contributed by atoms with Gasteiger partial charge in [0, 0.05) is 49.9 Å². The second-order valence-corrected chi connectivity index (χ2v) is 12.9.